The number of phenols is 1. The van der Waals surface area contributed by atoms with Gasteiger partial charge in [-0.25, -0.2) is 0 Å². The van der Waals surface area contributed by atoms with Crippen molar-refractivity contribution in [1.29, 1.82) is 0 Å². The minimum atomic E-state index is -0.145. The van der Waals surface area contributed by atoms with Gasteiger partial charge in [0.15, 0.2) is 6.29 Å². The Morgan fingerprint density at radius 2 is 1.93 bits per heavy atom. The highest BCUT2D eigenvalue weighted by atomic mass is 16.3. The van der Waals surface area contributed by atoms with Gasteiger partial charge in [0.2, 0.25) is 0 Å². The Kier molecular flexibility index (Phi) is 2.70. The molecule has 0 fully saturated rings. The predicted octanol–water partition coefficient (Wildman–Crippen LogP) is 0.761. The first-order valence-electron chi connectivity index (χ1n) is 4.65. The van der Waals surface area contributed by atoms with Crippen LogP contribution in [0.2, 0.25) is 0 Å². The molecule has 1 aromatic carbocycles. The summed E-state index contributed by atoms with van der Waals surface area (Å²) >= 11 is 0. The lowest BCUT2D eigenvalue weighted by Gasteiger charge is -2.21. The summed E-state index contributed by atoms with van der Waals surface area (Å²) in [7, 11) is 1.92. The van der Waals surface area contributed by atoms with Crippen LogP contribution < -0.4 is 5.46 Å². The quantitative estimate of drug-likeness (QED) is 0.524. The summed E-state index contributed by atoms with van der Waals surface area (Å²) < 4.78 is 0. The summed E-state index contributed by atoms with van der Waals surface area (Å²) in [5, 5.41) is 9.82. The molecule has 0 saturated heterocycles. The van der Waals surface area contributed by atoms with Crippen LogP contribution in [-0.4, -0.2) is 19.2 Å². The van der Waals surface area contributed by atoms with Crippen molar-refractivity contribution in [2.75, 3.05) is 0 Å². The fraction of sp³-hybridized carbons (Fsp3) is 0.364. The van der Waals surface area contributed by atoms with Crippen LogP contribution in [-0.2, 0) is 5.41 Å². The van der Waals surface area contributed by atoms with Crippen molar-refractivity contribution in [2.45, 2.75) is 26.2 Å². The minimum absolute atomic E-state index is 0.109. The number of aldehydes is 1. The summed E-state index contributed by atoms with van der Waals surface area (Å²) in [6.07, 6.45) is 0.692. The monoisotopic (exact) mass is 190 g/mol. The highest BCUT2D eigenvalue weighted by Crippen LogP contribution is 2.31. The topological polar surface area (TPSA) is 37.3 Å². The maximum Gasteiger partial charge on any atom is 0.153 e. The standard InChI is InChI=1S/C11H15BO2/c1-11(2,3)9-5-8(12)4-7(6-13)10(9)14/h4-6,14H,12H2,1-3H3. The lowest BCUT2D eigenvalue weighted by atomic mass is 9.81. The molecule has 0 heterocycles. The van der Waals surface area contributed by atoms with Gasteiger partial charge >= 0.3 is 0 Å². The third-order valence-electron chi connectivity index (χ3n) is 2.22. The van der Waals surface area contributed by atoms with E-state index in [4.69, 9.17) is 0 Å². The summed E-state index contributed by atoms with van der Waals surface area (Å²) in [4.78, 5) is 10.7. The number of benzene rings is 1. The van der Waals surface area contributed by atoms with Gasteiger partial charge in [-0.2, -0.15) is 0 Å². The molecular formula is C11H15BO2. The molecule has 0 bridgehead atoms. The molecule has 0 aromatic heterocycles. The van der Waals surface area contributed by atoms with E-state index in [0.717, 1.165) is 11.0 Å². The highest BCUT2D eigenvalue weighted by molar-refractivity contribution is 6.32. The van der Waals surface area contributed by atoms with E-state index in [1.807, 2.05) is 34.7 Å². The van der Waals surface area contributed by atoms with E-state index in [2.05, 4.69) is 0 Å². The molecule has 0 spiro atoms. The van der Waals surface area contributed by atoms with Crippen molar-refractivity contribution in [3.05, 3.63) is 23.3 Å². The minimum Gasteiger partial charge on any atom is -0.507 e. The summed E-state index contributed by atoms with van der Waals surface area (Å²) in [6.45, 7) is 6.03. The molecule has 14 heavy (non-hydrogen) atoms. The van der Waals surface area contributed by atoms with Crippen molar-refractivity contribution in [3.63, 3.8) is 0 Å². The summed E-state index contributed by atoms with van der Waals surface area (Å²) in [5.41, 5.74) is 2.04. The van der Waals surface area contributed by atoms with Gasteiger partial charge in [-0.15, -0.1) is 0 Å². The molecular weight excluding hydrogens is 175 g/mol. The Morgan fingerprint density at radius 1 is 1.36 bits per heavy atom. The second kappa shape index (κ2) is 3.48. The molecule has 0 unspecified atom stereocenters. The van der Waals surface area contributed by atoms with Crippen molar-refractivity contribution in [3.8, 4) is 5.75 Å². The van der Waals surface area contributed by atoms with Gasteiger partial charge < -0.3 is 5.11 Å². The van der Waals surface area contributed by atoms with Crippen molar-refractivity contribution < 1.29 is 9.90 Å². The van der Waals surface area contributed by atoms with E-state index in [-0.39, 0.29) is 11.2 Å². The first-order chi connectivity index (χ1) is 6.36. The van der Waals surface area contributed by atoms with Gasteiger partial charge in [0, 0.05) is 0 Å². The number of phenolic OH excluding ortho intramolecular Hbond substituents is 1. The first-order valence-corrected chi connectivity index (χ1v) is 4.65. The van der Waals surface area contributed by atoms with E-state index in [1.165, 1.54) is 0 Å². The first kappa shape index (κ1) is 10.8. The largest absolute Gasteiger partial charge is 0.507 e. The third-order valence-corrected chi connectivity index (χ3v) is 2.22. The predicted molar refractivity (Wildman–Crippen MR) is 60.4 cm³/mol. The van der Waals surface area contributed by atoms with E-state index in [9.17, 15) is 9.90 Å². The van der Waals surface area contributed by atoms with E-state index < -0.39 is 0 Å². The zero-order chi connectivity index (χ0) is 10.9. The van der Waals surface area contributed by atoms with Crippen LogP contribution in [0.1, 0.15) is 36.7 Å². The van der Waals surface area contributed by atoms with Crippen LogP contribution in [0.3, 0.4) is 0 Å². The molecule has 0 amide bonds. The molecule has 3 heteroatoms. The van der Waals surface area contributed by atoms with Gasteiger partial charge in [-0.05, 0) is 11.0 Å². The molecule has 0 aliphatic heterocycles. The Labute approximate surface area is 85.4 Å². The van der Waals surface area contributed by atoms with Crippen LogP contribution in [0.4, 0.5) is 0 Å². The Morgan fingerprint density at radius 3 is 2.36 bits per heavy atom. The number of carbonyl (C=O) groups is 1. The summed E-state index contributed by atoms with van der Waals surface area (Å²) in [5.74, 6) is 0.109. The molecule has 0 radical (unpaired) electrons. The Balaban J connectivity index is 3.44. The normalized spacial score (nSPS) is 11.4. The molecule has 74 valence electrons. The van der Waals surface area contributed by atoms with Gasteiger partial charge in [0.05, 0.1) is 5.56 Å². The molecule has 0 aliphatic carbocycles. The molecule has 0 aliphatic rings. The fourth-order valence-electron chi connectivity index (χ4n) is 1.47. The Hall–Kier alpha value is -1.25. The maximum atomic E-state index is 10.7. The second-order valence-corrected chi connectivity index (χ2v) is 4.62. The van der Waals surface area contributed by atoms with Gasteiger partial charge in [0.25, 0.3) is 0 Å². The molecule has 0 atom stereocenters. The van der Waals surface area contributed by atoms with E-state index in [0.29, 0.717) is 11.8 Å². The third kappa shape index (κ3) is 1.98. The number of carbonyl (C=O) groups excluding carboxylic acids is 1. The smallest absolute Gasteiger partial charge is 0.153 e. The van der Waals surface area contributed by atoms with Crippen LogP contribution in [0.5, 0.6) is 5.75 Å². The number of aromatic hydroxyl groups is 1. The lowest BCUT2D eigenvalue weighted by Crippen LogP contribution is -2.16. The number of rotatable bonds is 1. The average molecular weight is 190 g/mol. The second-order valence-electron chi connectivity index (χ2n) is 4.62. The average Bonchev–Trinajstić information content (AvgIpc) is 2.06. The molecule has 1 rings (SSSR count). The molecule has 0 saturated carbocycles. The van der Waals surface area contributed by atoms with E-state index >= 15 is 0 Å². The molecule has 2 nitrogen and oxygen atoms in total. The number of hydrogen-bond donors (Lipinski definition) is 1. The van der Waals surface area contributed by atoms with Crippen LogP contribution in [0.25, 0.3) is 0 Å². The Bertz CT molecular complexity index is 364. The zero-order valence-corrected chi connectivity index (χ0v) is 9.09. The van der Waals surface area contributed by atoms with Crippen LogP contribution in [0.15, 0.2) is 12.1 Å². The highest BCUT2D eigenvalue weighted by Gasteiger charge is 2.20. The fourth-order valence-corrected chi connectivity index (χ4v) is 1.47. The van der Waals surface area contributed by atoms with Crippen LogP contribution in [0, 0.1) is 0 Å². The zero-order valence-electron chi connectivity index (χ0n) is 9.09. The van der Waals surface area contributed by atoms with Gasteiger partial charge in [0.1, 0.15) is 13.6 Å². The van der Waals surface area contributed by atoms with Crippen molar-refractivity contribution in [2.24, 2.45) is 0 Å². The maximum absolute atomic E-state index is 10.7. The van der Waals surface area contributed by atoms with E-state index in [1.54, 1.807) is 6.07 Å². The van der Waals surface area contributed by atoms with Crippen molar-refractivity contribution >= 4 is 19.6 Å². The van der Waals surface area contributed by atoms with Crippen molar-refractivity contribution in [1.82, 2.24) is 0 Å². The van der Waals surface area contributed by atoms with Crippen LogP contribution >= 0.6 is 0 Å². The number of hydrogen-bond acceptors (Lipinski definition) is 2. The van der Waals surface area contributed by atoms with Gasteiger partial charge in [-0.3, -0.25) is 4.79 Å². The lowest BCUT2D eigenvalue weighted by molar-refractivity contribution is 0.112. The summed E-state index contributed by atoms with van der Waals surface area (Å²) in [6, 6.07) is 3.61. The molecule has 1 aromatic rings. The van der Waals surface area contributed by atoms with Gasteiger partial charge in [-0.1, -0.05) is 38.4 Å². The SMILES string of the molecule is Bc1cc(C=O)c(O)c(C(C)(C)C)c1. The molecule has 1 N–H and O–H groups in total.